The van der Waals surface area contributed by atoms with E-state index in [9.17, 15) is 5.11 Å². The van der Waals surface area contributed by atoms with Gasteiger partial charge >= 0.3 is 0 Å². The zero-order chi connectivity index (χ0) is 12.7. The monoisotopic (exact) mass is 304 g/mol. The molecule has 0 aliphatic carbocycles. The zero-order valence-corrected chi connectivity index (χ0v) is 12.1. The van der Waals surface area contributed by atoms with E-state index < -0.39 is 6.10 Å². The summed E-state index contributed by atoms with van der Waals surface area (Å²) < 4.78 is 8.11. The molecule has 1 aromatic rings. The summed E-state index contributed by atoms with van der Waals surface area (Å²) in [5.41, 5.74) is 0.854. The van der Waals surface area contributed by atoms with Crippen LogP contribution in [-0.2, 0) is 11.3 Å². The van der Waals surface area contributed by atoms with Crippen molar-refractivity contribution in [2.24, 2.45) is 0 Å². The Labute approximate surface area is 111 Å². The number of aryl methyl sites for hydroxylation is 1. The normalized spacial score (nSPS) is 12.9. The third-order valence-corrected chi connectivity index (χ3v) is 3.08. The van der Waals surface area contributed by atoms with E-state index in [1.54, 1.807) is 6.20 Å². The van der Waals surface area contributed by atoms with Crippen molar-refractivity contribution in [1.82, 2.24) is 9.78 Å². The molecule has 5 heteroatoms. The number of aliphatic hydroxyl groups excluding tert-OH is 1. The molecule has 1 rings (SSSR count). The molecule has 0 bridgehead atoms. The van der Waals surface area contributed by atoms with E-state index in [4.69, 9.17) is 4.74 Å². The lowest BCUT2D eigenvalue weighted by Crippen LogP contribution is -2.11. The Balaban J connectivity index is 2.54. The molecule has 0 radical (unpaired) electrons. The molecular formula is C12H21BrN2O2. The molecule has 4 nitrogen and oxygen atoms in total. The first-order chi connectivity index (χ1) is 8.20. The second kappa shape index (κ2) is 7.84. The summed E-state index contributed by atoms with van der Waals surface area (Å²) in [6.07, 6.45) is 3.83. The van der Waals surface area contributed by atoms with E-state index in [-0.39, 0.29) is 0 Å². The third kappa shape index (κ3) is 4.41. The first-order valence-electron chi connectivity index (χ1n) is 6.17. The van der Waals surface area contributed by atoms with Gasteiger partial charge in [-0.2, -0.15) is 5.10 Å². The van der Waals surface area contributed by atoms with Crippen molar-refractivity contribution in [3.8, 4) is 0 Å². The molecule has 0 amide bonds. The minimum Gasteiger partial charge on any atom is -0.387 e. The molecule has 1 heterocycles. The van der Waals surface area contributed by atoms with Crippen molar-refractivity contribution in [2.45, 2.75) is 45.8 Å². The Morgan fingerprint density at radius 3 is 2.82 bits per heavy atom. The van der Waals surface area contributed by atoms with Gasteiger partial charge in [0.2, 0.25) is 0 Å². The number of ether oxygens (including phenoxy) is 1. The fraction of sp³-hybridized carbons (Fsp3) is 0.750. The van der Waals surface area contributed by atoms with E-state index in [2.05, 4.69) is 34.9 Å². The van der Waals surface area contributed by atoms with E-state index >= 15 is 0 Å². The lowest BCUT2D eigenvalue weighted by Gasteiger charge is -2.13. The van der Waals surface area contributed by atoms with Crippen LogP contribution in [0.4, 0.5) is 0 Å². The van der Waals surface area contributed by atoms with Crippen LogP contribution in [0.15, 0.2) is 10.7 Å². The Hall–Kier alpha value is -0.390. The SMILES string of the molecule is CCCOCCC(O)c1c(Br)cnn1CCC. The van der Waals surface area contributed by atoms with Gasteiger partial charge in [0.1, 0.15) is 0 Å². The van der Waals surface area contributed by atoms with Crippen LogP contribution in [0.25, 0.3) is 0 Å². The van der Waals surface area contributed by atoms with Crippen LogP contribution in [0.1, 0.15) is 44.9 Å². The topological polar surface area (TPSA) is 47.3 Å². The van der Waals surface area contributed by atoms with E-state index in [1.165, 1.54) is 0 Å². The highest BCUT2D eigenvalue weighted by atomic mass is 79.9. The van der Waals surface area contributed by atoms with Gasteiger partial charge in [-0.25, -0.2) is 0 Å². The second-order valence-corrected chi connectivity index (χ2v) is 4.87. The molecule has 0 aromatic carbocycles. The Morgan fingerprint density at radius 1 is 1.41 bits per heavy atom. The zero-order valence-electron chi connectivity index (χ0n) is 10.5. The molecule has 0 saturated carbocycles. The number of aromatic nitrogens is 2. The van der Waals surface area contributed by atoms with Crippen LogP contribution in [0.3, 0.4) is 0 Å². The molecule has 1 unspecified atom stereocenters. The van der Waals surface area contributed by atoms with Crippen LogP contribution in [0.2, 0.25) is 0 Å². The van der Waals surface area contributed by atoms with Crippen molar-refractivity contribution in [2.75, 3.05) is 13.2 Å². The molecular weight excluding hydrogens is 284 g/mol. The van der Waals surface area contributed by atoms with E-state index in [0.29, 0.717) is 13.0 Å². The van der Waals surface area contributed by atoms with Gasteiger partial charge in [0.05, 0.1) is 22.5 Å². The number of hydrogen-bond acceptors (Lipinski definition) is 3. The van der Waals surface area contributed by atoms with Crippen molar-refractivity contribution >= 4 is 15.9 Å². The minimum atomic E-state index is -0.518. The van der Waals surface area contributed by atoms with Crippen LogP contribution in [0.5, 0.6) is 0 Å². The lowest BCUT2D eigenvalue weighted by molar-refractivity contribution is 0.0778. The summed E-state index contributed by atoms with van der Waals surface area (Å²) in [7, 11) is 0. The van der Waals surface area contributed by atoms with Crippen molar-refractivity contribution < 1.29 is 9.84 Å². The first kappa shape index (κ1) is 14.7. The van der Waals surface area contributed by atoms with Gasteiger partial charge in [-0.1, -0.05) is 13.8 Å². The maximum atomic E-state index is 10.1. The number of halogens is 1. The van der Waals surface area contributed by atoms with Crippen LogP contribution < -0.4 is 0 Å². The largest absolute Gasteiger partial charge is 0.387 e. The maximum absolute atomic E-state index is 10.1. The van der Waals surface area contributed by atoms with E-state index in [1.807, 2.05) is 4.68 Å². The molecule has 17 heavy (non-hydrogen) atoms. The van der Waals surface area contributed by atoms with Crippen molar-refractivity contribution in [1.29, 1.82) is 0 Å². The summed E-state index contributed by atoms with van der Waals surface area (Å²) in [5, 5.41) is 14.4. The van der Waals surface area contributed by atoms with Crippen LogP contribution in [0, 0.1) is 0 Å². The predicted molar refractivity (Wildman–Crippen MR) is 70.9 cm³/mol. The Morgan fingerprint density at radius 2 is 2.18 bits per heavy atom. The fourth-order valence-corrected chi connectivity index (χ4v) is 2.23. The smallest absolute Gasteiger partial charge is 0.0990 e. The van der Waals surface area contributed by atoms with Gasteiger partial charge in [0.15, 0.2) is 0 Å². The van der Waals surface area contributed by atoms with Crippen molar-refractivity contribution in [3.05, 3.63) is 16.4 Å². The van der Waals surface area contributed by atoms with Gasteiger partial charge in [0.25, 0.3) is 0 Å². The second-order valence-electron chi connectivity index (χ2n) is 4.02. The summed E-state index contributed by atoms with van der Waals surface area (Å²) >= 11 is 3.43. The predicted octanol–water partition coefficient (Wildman–Crippen LogP) is 2.91. The molecule has 98 valence electrons. The summed E-state index contributed by atoms with van der Waals surface area (Å²) in [6.45, 7) is 6.33. The third-order valence-electron chi connectivity index (χ3n) is 2.47. The number of aliphatic hydroxyl groups is 1. The molecule has 1 aromatic heterocycles. The Bertz CT molecular complexity index is 328. The van der Waals surface area contributed by atoms with Gasteiger partial charge in [-0.05, 0) is 28.8 Å². The fourth-order valence-electron chi connectivity index (χ4n) is 1.67. The molecule has 0 aliphatic heterocycles. The average Bonchev–Trinajstić information content (AvgIpc) is 2.66. The standard InChI is InChI=1S/C12H21BrN2O2/c1-3-6-15-12(10(13)9-14-15)11(16)5-8-17-7-4-2/h9,11,16H,3-8H2,1-2H3. The summed E-state index contributed by atoms with van der Waals surface area (Å²) in [6, 6.07) is 0. The molecule has 1 atom stereocenters. The van der Waals surface area contributed by atoms with E-state index in [0.717, 1.165) is 36.2 Å². The highest BCUT2D eigenvalue weighted by molar-refractivity contribution is 9.10. The Kier molecular flexibility index (Phi) is 6.77. The molecule has 0 saturated heterocycles. The highest BCUT2D eigenvalue weighted by Gasteiger charge is 2.17. The van der Waals surface area contributed by atoms with Crippen LogP contribution >= 0.6 is 15.9 Å². The average molecular weight is 305 g/mol. The van der Waals surface area contributed by atoms with Gasteiger partial charge < -0.3 is 9.84 Å². The molecule has 0 spiro atoms. The lowest BCUT2D eigenvalue weighted by atomic mass is 10.2. The molecule has 0 fully saturated rings. The highest BCUT2D eigenvalue weighted by Crippen LogP contribution is 2.25. The summed E-state index contributed by atoms with van der Waals surface area (Å²) in [4.78, 5) is 0. The number of rotatable bonds is 8. The summed E-state index contributed by atoms with van der Waals surface area (Å²) in [5.74, 6) is 0. The van der Waals surface area contributed by atoms with Crippen LogP contribution in [-0.4, -0.2) is 28.1 Å². The molecule has 0 aliphatic rings. The van der Waals surface area contributed by atoms with Gasteiger partial charge in [-0.3, -0.25) is 4.68 Å². The first-order valence-corrected chi connectivity index (χ1v) is 6.97. The van der Waals surface area contributed by atoms with Crippen molar-refractivity contribution in [3.63, 3.8) is 0 Å². The number of hydrogen-bond donors (Lipinski definition) is 1. The maximum Gasteiger partial charge on any atom is 0.0990 e. The minimum absolute atomic E-state index is 0.518. The quantitative estimate of drug-likeness (QED) is 0.751. The number of nitrogens with zero attached hydrogens (tertiary/aromatic N) is 2. The molecule has 1 N–H and O–H groups in total. The van der Waals surface area contributed by atoms with Gasteiger partial charge in [-0.15, -0.1) is 0 Å². The van der Waals surface area contributed by atoms with Gasteiger partial charge in [0, 0.05) is 26.2 Å².